The molecule has 0 spiro atoms. The van der Waals surface area contributed by atoms with E-state index in [1.54, 1.807) is 6.07 Å². The number of carbonyl (C=O) groups is 1. The molecule has 0 unspecified atom stereocenters. The molecule has 0 saturated heterocycles. The van der Waals surface area contributed by atoms with Crippen LogP contribution in [0.4, 0.5) is 5.69 Å². The standard InChI is InChI=1S/C15H24N2OS/c1-12-7-8-13(14(16)11-12)15(18)17-9-5-3-4-6-10-19-2/h7-8,11H,3-6,9-10,16H2,1-2H3,(H,17,18). The summed E-state index contributed by atoms with van der Waals surface area (Å²) in [4.78, 5) is 11.9. The number of benzene rings is 1. The maximum atomic E-state index is 11.9. The van der Waals surface area contributed by atoms with Crippen LogP contribution in [0.25, 0.3) is 0 Å². The van der Waals surface area contributed by atoms with Gasteiger partial charge in [0.1, 0.15) is 0 Å². The molecule has 0 bridgehead atoms. The number of nitrogens with two attached hydrogens (primary N) is 1. The fourth-order valence-corrected chi connectivity index (χ4v) is 2.40. The van der Waals surface area contributed by atoms with Crippen LogP contribution in [0, 0.1) is 6.92 Å². The molecule has 1 amide bonds. The Kier molecular flexibility index (Phi) is 7.41. The normalized spacial score (nSPS) is 10.4. The molecular formula is C15H24N2OS. The molecule has 0 radical (unpaired) electrons. The fourth-order valence-electron chi connectivity index (χ4n) is 1.91. The summed E-state index contributed by atoms with van der Waals surface area (Å²) in [6, 6.07) is 5.53. The van der Waals surface area contributed by atoms with Gasteiger partial charge in [0.05, 0.1) is 5.56 Å². The van der Waals surface area contributed by atoms with Crippen molar-refractivity contribution in [1.82, 2.24) is 5.32 Å². The van der Waals surface area contributed by atoms with Crippen LogP contribution in [0.1, 0.15) is 41.6 Å². The molecule has 1 aromatic carbocycles. The largest absolute Gasteiger partial charge is 0.398 e. The first-order chi connectivity index (χ1) is 9.15. The van der Waals surface area contributed by atoms with Gasteiger partial charge in [-0.15, -0.1) is 0 Å². The number of thioether (sulfide) groups is 1. The molecule has 0 heterocycles. The molecule has 19 heavy (non-hydrogen) atoms. The van der Waals surface area contributed by atoms with E-state index in [9.17, 15) is 4.79 Å². The summed E-state index contributed by atoms with van der Waals surface area (Å²) >= 11 is 1.89. The van der Waals surface area contributed by atoms with Crippen LogP contribution in [0.3, 0.4) is 0 Å². The molecule has 0 aliphatic carbocycles. The second-order valence-electron chi connectivity index (χ2n) is 4.75. The number of anilines is 1. The molecule has 3 N–H and O–H groups in total. The minimum absolute atomic E-state index is 0.0680. The van der Waals surface area contributed by atoms with Crippen LogP contribution in [-0.4, -0.2) is 24.5 Å². The summed E-state index contributed by atoms with van der Waals surface area (Å²) in [5.74, 6) is 1.16. The quantitative estimate of drug-likeness (QED) is 0.568. The number of nitrogen functional groups attached to an aromatic ring is 1. The van der Waals surface area contributed by atoms with Crippen LogP contribution < -0.4 is 11.1 Å². The lowest BCUT2D eigenvalue weighted by Crippen LogP contribution is -2.25. The highest BCUT2D eigenvalue weighted by Crippen LogP contribution is 2.13. The molecular weight excluding hydrogens is 256 g/mol. The van der Waals surface area contributed by atoms with Gasteiger partial charge in [-0.25, -0.2) is 0 Å². The molecule has 0 saturated carbocycles. The number of unbranched alkanes of at least 4 members (excludes halogenated alkanes) is 3. The van der Waals surface area contributed by atoms with E-state index < -0.39 is 0 Å². The molecule has 106 valence electrons. The Hall–Kier alpha value is -1.16. The zero-order valence-electron chi connectivity index (χ0n) is 11.9. The van der Waals surface area contributed by atoms with Crippen LogP contribution in [0.2, 0.25) is 0 Å². The van der Waals surface area contributed by atoms with Crippen molar-refractivity contribution in [3.8, 4) is 0 Å². The molecule has 0 atom stereocenters. The Bertz CT molecular complexity index is 407. The van der Waals surface area contributed by atoms with Crippen molar-refractivity contribution in [3.63, 3.8) is 0 Å². The van der Waals surface area contributed by atoms with Gasteiger partial charge in [-0.05, 0) is 49.5 Å². The molecule has 0 fully saturated rings. The van der Waals surface area contributed by atoms with Gasteiger partial charge in [0.25, 0.3) is 5.91 Å². The van der Waals surface area contributed by atoms with Gasteiger partial charge in [-0.3, -0.25) is 4.79 Å². The van der Waals surface area contributed by atoms with E-state index in [4.69, 9.17) is 5.73 Å². The fraction of sp³-hybridized carbons (Fsp3) is 0.533. The van der Waals surface area contributed by atoms with Gasteiger partial charge in [0.2, 0.25) is 0 Å². The Balaban J connectivity index is 2.24. The highest BCUT2D eigenvalue weighted by Gasteiger charge is 2.08. The van der Waals surface area contributed by atoms with Crippen LogP contribution >= 0.6 is 11.8 Å². The molecule has 0 aliphatic heterocycles. The topological polar surface area (TPSA) is 55.1 Å². The highest BCUT2D eigenvalue weighted by atomic mass is 32.2. The minimum Gasteiger partial charge on any atom is -0.398 e. The Morgan fingerprint density at radius 1 is 1.26 bits per heavy atom. The predicted octanol–water partition coefficient (Wildman–Crippen LogP) is 3.23. The summed E-state index contributed by atoms with van der Waals surface area (Å²) in [6.45, 7) is 2.69. The van der Waals surface area contributed by atoms with Gasteiger partial charge >= 0.3 is 0 Å². The Morgan fingerprint density at radius 3 is 2.68 bits per heavy atom. The van der Waals surface area contributed by atoms with Crippen LogP contribution in [0.15, 0.2) is 18.2 Å². The third-order valence-electron chi connectivity index (χ3n) is 3.01. The van der Waals surface area contributed by atoms with Crippen molar-refractivity contribution in [2.45, 2.75) is 32.6 Å². The Morgan fingerprint density at radius 2 is 2.00 bits per heavy atom. The monoisotopic (exact) mass is 280 g/mol. The van der Waals surface area contributed by atoms with Gasteiger partial charge in [0.15, 0.2) is 0 Å². The lowest BCUT2D eigenvalue weighted by Gasteiger charge is -2.08. The third kappa shape index (κ3) is 6.01. The molecule has 3 nitrogen and oxygen atoms in total. The second kappa shape index (κ2) is 8.86. The summed E-state index contributed by atoms with van der Waals surface area (Å²) in [5, 5.41) is 2.93. The highest BCUT2D eigenvalue weighted by molar-refractivity contribution is 7.98. The van der Waals surface area contributed by atoms with Gasteiger partial charge in [-0.1, -0.05) is 18.9 Å². The SMILES string of the molecule is CSCCCCCCNC(=O)c1ccc(C)cc1N. The molecule has 0 aliphatic rings. The van der Waals surface area contributed by atoms with E-state index in [1.807, 2.05) is 30.8 Å². The first kappa shape index (κ1) is 15.9. The number of aryl methyl sites for hydroxylation is 1. The van der Waals surface area contributed by atoms with E-state index >= 15 is 0 Å². The number of carbonyl (C=O) groups excluding carboxylic acids is 1. The van der Waals surface area contributed by atoms with E-state index in [-0.39, 0.29) is 5.91 Å². The van der Waals surface area contributed by atoms with Crippen LogP contribution in [0.5, 0.6) is 0 Å². The van der Waals surface area contributed by atoms with Crippen molar-refractivity contribution in [1.29, 1.82) is 0 Å². The summed E-state index contributed by atoms with van der Waals surface area (Å²) in [5.41, 5.74) is 8.05. The number of hydrogen-bond donors (Lipinski definition) is 2. The maximum absolute atomic E-state index is 11.9. The van der Waals surface area contributed by atoms with Gasteiger partial charge < -0.3 is 11.1 Å². The van der Waals surface area contributed by atoms with Crippen molar-refractivity contribution >= 4 is 23.4 Å². The number of amides is 1. The van der Waals surface area contributed by atoms with Crippen molar-refractivity contribution in [2.75, 3.05) is 24.3 Å². The lowest BCUT2D eigenvalue weighted by molar-refractivity contribution is 0.0954. The molecule has 0 aromatic heterocycles. The van der Waals surface area contributed by atoms with E-state index in [1.165, 1.54) is 25.0 Å². The average Bonchev–Trinajstić information content (AvgIpc) is 2.37. The van der Waals surface area contributed by atoms with Crippen molar-refractivity contribution < 1.29 is 4.79 Å². The first-order valence-electron chi connectivity index (χ1n) is 6.78. The summed E-state index contributed by atoms with van der Waals surface area (Å²) in [6.07, 6.45) is 6.84. The van der Waals surface area contributed by atoms with Crippen molar-refractivity contribution in [2.24, 2.45) is 0 Å². The third-order valence-corrected chi connectivity index (χ3v) is 3.71. The van der Waals surface area contributed by atoms with Gasteiger partial charge in [0, 0.05) is 12.2 Å². The predicted molar refractivity (Wildman–Crippen MR) is 84.8 cm³/mol. The summed E-state index contributed by atoms with van der Waals surface area (Å²) < 4.78 is 0. The van der Waals surface area contributed by atoms with Crippen molar-refractivity contribution in [3.05, 3.63) is 29.3 Å². The Labute approximate surface area is 120 Å². The maximum Gasteiger partial charge on any atom is 0.253 e. The number of hydrogen-bond acceptors (Lipinski definition) is 3. The lowest BCUT2D eigenvalue weighted by atomic mass is 10.1. The van der Waals surface area contributed by atoms with E-state index in [2.05, 4.69) is 11.6 Å². The number of rotatable bonds is 8. The smallest absolute Gasteiger partial charge is 0.253 e. The zero-order chi connectivity index (χ0) is 14.1. The summed E-state index contributed by atoms with van der Waals surface area (Å²) in [7, 11) is 0. The average molecular weight is 280 g/mol. The second-order valence-corrected chi connectivity index (χ2v) is 5.74. The van der Waals surface area contributed by atoms with E-state index in [0.717, 1.165) is 18.5 Å². The molecule has 1 rings (SSSR count). The minimum atomic E-state index is -0.0680. The molecule has 4 heteroatoms. The molecule has 1 aromatic rings. The first-order valence-corrected chi connectivity index (χ1v) is 8.18. The van der Waals surface area contributed by atoms with Crippen LogP contribution in [-0.2, 0) is 0 Å². The van der Waals surface area contributed by atoms with E-state index in [0.29, 0.717) is 11.3 Å². The number of nitrogens with one attached hydrogen (secondary N) is 1. The zero-order valence-corrected chi connectivity index (χ0v) is 12.7. The van der Waals surface area contributed by atoms with Gasteiger partial charge in [-0.2, -0.15) is 11.8 Å².